The molecule has 3 heterocycles. The number of esters is 1. The third-order valence-corrected chi connectivity index (χ3v) is 7.95. The lowest BCUT2D eigenvalue weighted by atomic mass is 9.39. The van der Waals surface area contributed by atoms with Gasteiger partial charge in [-0.1, -0.05) is 18.2 Å². The van der Waals surface area contributed by atoms with Crippen LogP contribution in [-0.4, -0.2) is 59.8 Å². The fourth-order valence-electron chi connectivity index (χ4n) is 6.43. The molecule has 2 atom stereocenters. The van der Waals surface area contributed by atoms with Crippen molar-refractivity contribution in [1.82, 2.24) is 15.3 Å². The number of carbonyl (C=O) groups is 2. The van der Waals surface area contributed by atoms with Crippen LogP contribution in [0.3, 0.4) is 0 Å². The van der Waals surface area contributed by atoms with Gasteiger partial charge in [0.2, 0.25) is 5.91 Å². The Morgan fingerprint density at radius 1 is 1.08 bits per heavy atom. The van der Waals surface area contributed by atoms with Crippen LogP contribution >= 0.6 is 0 Å². The zero-order valence-electron chi connectivity index (χ0n) is 21.5. The molecule has 4 aliphatic rings. The topological polar surface area (TPSA) is 93.7 Å². The lowest BCUT2D eigenvalue weighted by molar-refractivity contribution is -0.202. The van der Waals surface area contributed by atoms with Gasteiger partial charge in [0.1, 0.15) is 5.82 Å². The molecule has 3 aliphatic carbocycles. The molecule has 1 amide bonds. The van der Waals surface area contributed by atoms with E-state index in [1.165, 1.54) is 7.11 Å². The highest BCUT2D eigenvalue weighted by molar-refractivity contribution is 5.88. The number of anilines is 1. The molecular weight excluding hydrogens is 468 g/mol. The van der Waals surface area contributed by atoms with E-state index in [1.54, 1.807) is 0 Å². The van der Waals surface area contributed by atoms with Crippen LogP contribution in [0.25, 0.3) is 22.0 Å². The predicted molar refractivity (Wildman–Crippen MR) is 140 cm³/mol. The second-order valence-corrected chi connectivity index (χ2v) is 11.1. The maximum Gasteiger partial charge on any atom is 0.312 e. The number of fused-ring (bicyclic) bond motifs is 1. The molecule has 3 saturated carbocycles. The van der Waals surface area contributed by atoms with E-state index >= 15 is 0 Å². The van der Waals surface area contributed by atoms with Crippen LogP contribution in [0.4, 0.5) is 5.82 Å². The first-order valence-corrected chi connectivity index (χ1v) is 12.9. The Labute approximate surface area is 216 Å². The largest absolute Gasteiger partial charge is 0.469 e. The van der Waals surface area contributed by atoms with Crippen LogP contribution in [-0.2, 0) is 25.5 Å². The number of amides is 1. The van der Waals surface area contributed by atoms with E-state index in [0.29, 0.717) is 19.3 Å². The Morgan fingerprint density at radius 3 is 2.57 bits per heavy atom. The summed E-state index contributed by atoms with van der Waals surface area (Å²) in [5.41, 5.74) is 2.03. The molecule has 0 radical (unpaired) electrons. The van der Waals surface area contributed by atoms with Crippen LogP contribution in [0.5, 0.6) is 0 Å². The number of morpholine rings is 1. The fraction of sp³-hybridized carbons (Fsp3) is 0.448. The van der Waals surface area contributed by atoms with Crippen molar-refractivity contribution < 1.29 is 19.1 Å². The smallest absolute Gasteiger partial charge is 0.312 e. The summed E-state index contributed by atoms with van der Waals surface area (Å²) >= 11 is 0. The van der Waals surface area contributed by atoms with Gasteiger partial charge in [0.15, 0.2) is 0 Å². The zero-order valence-corrected chi connectivity index (χ0v) is 21.5. The fourth-order valence-corrected chi connectivity index (χ4v) is 6.43. The van der Waals surface area contributed by atoms with Crippen LogP contribution in [0.15, 0.2) is 48.7 Å². The molecule has 3 aromatic rings. The van der Waals surface area contributed by atoms with E-state index < -0.39 is 0 Å². The number of rotatable bonds is 6. The van der Waals surface area contributed by atoms with Gasteiger partial charge in [-0.2, -0.15) is 0 Å². The summed E-state index contributed by atoms with van der Waals surface area (Å²) in [4.78, 5) is 36.4. The van der Waals surface area contributed by atoms with Gasteiger partial charge in [0, 0.05) is 35.8 Å². The molecule has 1 aliphatic heterocycles. The monoisotopic (exact) mass is 500 g/mol. The second-order valence-electron chi connectivity index (χ2n) is 11.1. The molecule has 8 nitrogen and oxygen atoms in total. The number of nitrogens with one attached hydrogen (secondary N) is 1. The minimum atomic E-state index is -0.372. The minimum absolute atomic E-state index is 0.0653. The van der Waals surface area contributed by atoms with Gasteiger partial charge in [-0.3, -0.25) is 14.6 Å². The highest BCUT2D eigenvalue weighted by Crippen LogP contribution is 2.67. The quantitative estimate of drug-likeness (QED) is 0.516. The molecule has 2 aromatic heterocycles. The lowest BCUT2D eigenvalue weighted by Gasteiger charge is -2.68. The highest BCUT2D eigenvalue weighted by Gasteiger charge is 2.73. The van der Waals surface area contributed by atoms with Gasteiger partial charge >= 0.3 is 5.97 Å². The van der Waals surface area contributed by atoms with Crippen LogP contribution < -0.4 is 10.2 Å². The van der Waals surface area contributed by atoms with Crippen molar-refractivity contribution in [2.24, 2.45) is 5.41 Å². The molecule has 1 aromatic carbocycles. The molecule has 0 spiro atoms. The van der Waals surface area contributed by atoms with Crippen LogP contribution in [0.1, 0.15) is 38.8 Å². The summed E-state index contributed by atoms with van der Waals surface area (Å²) in [6.45, 7) is 5.83. The lowest BCUT2D eigenvalue weighted by Crippen LogP contribution is -2.77. The number of carbonyl (C=O) groups excluding carboxylic acids is 2. The molecular formula is C29H32N4O4. The first-order valence-electron chi connectivity index (χ1n) is 12.9. The number of methoxy groups -OCH3 is 1. The Balaban J connectivity index is 1.16. The van der Waals surface area contributed by atoms with Gasteiger partial charge in [-0.05, 0) is 62.8 Å². The van der Waals surface area contributed by atoms with Gasteiger partial charge < -0.3 is 19.7 Å². The second kappa shape index (κ2) is 8.80. The van der Waals surface area contributed by atoms with E-state index in [1.807, 2.05) is 30.5 Å². The van der Waals surface area contributed by atoms with Crippen molar-refractivity contribution in [3.05, 3.63) is 54.4 Å². The minimum Gasteiger partial charge on any atom is -0.469 e. The van der Waals surface area contributed by atoms with E-state index in [4.69, 9.17) is 14.5 Å². The van der Waals surface area contributed by atoms with Gasteiger partial charge in [0.05, 0.1) is 42.5 Å². The van der Waals surface area contributed by atoms with E-state index in [-0.39, 0.29) is 41.5 Å². The highest BCUT2D eigenvalue weighted by atomic mass is 16.5. The average molecular weight is 501 g/mol. The van der Waals surface area contributed by atoms with Crippen molar-refractivity contribution in [2.75, 3.05) is 25.1 Å². The number of aromatic nitrogens is 2. The van der Waals surface area contributed by atoms with Crippen molar-refractivity contribution in [3.63, 3.8) is 0 Å². The molecule has 37 heavy (non-hydrogen) atoms. The van der Waals surface area contributed by atoms with Gasteiger partial charge in [-0.15, -0.1) is 0 Å². The van der Waals surface area contributed by atoms with E-state index in [2.05, 4.69) is 47.2 Å². The third kappa shape index (κ3) is 4.33. The van der Waals surface area contributed by atoms with Gasteiger partial charge in [-0.25, -0.2) is 4.98 Å². The number of benzene rings is 1. The predicted octanol–water partition coefficient (Wildman–Crippen LogP) is 3.66. The summed E-state index contributed by atoms with van der Waals surface area (Å²) in [6, 6.07) is 14.3. The number of hydrogen-bond acceptors (Lipinski definition) is 7. The molecule has 2 bridgehead atoms. The van der Waals surface area contributed by atoms with Gasteiger partial charge in [0.25, 0.3) is 0 Å². The summed E-state index contributed by atoms with van der Waals surface area (Å²) in [5.74, 6) is 0.725. The van der Waals surface area contributed by atoms with Crippen molar-refractivity contribution in [1.29, 1.82) is 0 Å². The van der Waals surface area contributed by atoms with Crippen LogP contribution in [0.2, 0.25) is 0 Å². The van der Waals surface area contributed by atoms with Crippen molar-refractivity contribution in [2.45, 2.75) is 57.3 Å². The Hall–Kier alpha value is -3.52. The maximum absolute atomic E-state index is 12.8. The summed E-state index contributed by atoms with van der Waals surface area (Å²) in [7, 11) is 1.42. The molecule has 0 unspecified atom stereocenters. The maximum atomic E-state index is 12.8. The summed E-state index contributed by atoms with van der Waals surface area (Å²) in [5, 5.41) is 5.16. The first-order chi connectivity index (χ1) is 17.8. The average Bonchev–Trinajstić information content (AvgIpc) is 2.84. The Kier molecular flexibility index (Phi) is 5.67. The van der Waals surface area contributed by atoms with E-state index in [9.17, 15) is 9.59 Å². The molecule has 192 valence electrons. The number of hydrogen-bond donors (Lipinski definition) is 1. The van der Waals surface area contributed by atoms with E-state index in [0.717, 1.165) is 46.6 Å². The Morgan fingerprint density at radius 2 is 1.84 bits per heavy atom. The molecule has 7 rings (SSSR count). The number of nitrogens with zero attached hydrogens (tertiary/aromatic N) is 3. The number of pyridine rings is 2. The van der Waals surface area contributed by atoms with Crippen molar-refractivity contribution >= 4 is 28.5 Å². The van der Waals surface area contributed by atoms with Crippen molar-refractivity contribution in [3.8, 4) is 11.3 Å². The summed E-state index contributed by atoms with van der Waals surface area (Å²) in [6.07, 6.45) is 4.36. The normalized spacial score (nSPS) is 28.2. The molecule has 1 N–H and O–H groups in total. The third-order valence-electron chi connectivity index (χ3n) is 7.95. The number of ether oxygens (including phenoxy) is 2. The molecule has 4 fully saturated rings. The summed E-state index contributed by atoms with van der Waals surface area (Å²) < 4.78 is 10.8. The Bertz CT molecular complexity index is 1360. The first kappa shape index (κ1) is 23.9. The van der Waals surface area contributed by atoms with Crippen LogP contribution in [0, 0.1) is 5.41 Å². The SMILES string of the molecule is COC(=O)C12CC(NC(=O)Cc3cc4cc(-c5cccc(N6C[C@@H](C)O[C@@H](C)C6)n5)ccc4cn3)(C1)C2. The zero-order chi connectivity index (χ0) is 25.8. The molecule has 1 saturated heterocycles. The molecule has 8 heteroatoms. The standard InChI is InChI=1S/C29H32N4O4/c1-18-13-33(14-19(2)37-18)25-6-4-5-24(31-25)20-7-8-21-12-30-23(10-22(21)9-20)11-26(34)32-29-15-28(16-29,17-29)27(35)36-3/h4-10,12,18-19H,11,13-17H2,1-3H3,(H,32,34)/t18-,19+,28?,29?.